The normalized spacial score (nSPS) is 13.3. The second-order valence-electron chi connectivity index (χ2n) is 7.78. The summed E-state index contributed by atoms with van der Waals surface area (Å²) in [5.41, 5.74) is 7.14. The van der Waals surface area contributed by atoms with Crippen LogP contribution in [-0.2, 0) is 32.0 Å². The summed E-state index contributed by atoms with van der Waals surface area (Å²) < 4.78 is 0. The topological polar surface area (TPSA) is 200 Å². The number of phenols is 1. The lowest BCUT2D eigenvalue weighted by atomic mass is 10.0. The first-order chi connectivity index (χ1) is 16.7. The highest BCUT2D eigenvalue weighted by Gasteiger charge is 2.27. The Labute approximate surface area is 206 Å². The molecule has 3 amide bonds. The van der Waals surface area contributed by atoms with E-state index < -0.39 is 48.4 Å². The summed E-state index contributed by atoms with van der Waals surface area (Å²) in [6.07, 6.45) is 5.28. The number of carboxylic acid groups (broad SMARTS) is 1. The molecule has 0 saturated carbocycles. The lowest BCUT2D eigenvalue weighted by Crippen LogP contribution is -2.54. The van der Waals surface area contributed by atoms with Crippen LogP contribution in [-0.4, -0.2) is 80.6 Å². The standard InChI is InChI=1S/C22H30N6O6S/c1-35-7-6-17(22(33)34)28-21(32)18(8-13-2-4-15(29)5-3-13)27-19(30)11-25-20(31)16(23)9-14-10-24-12-26-14/h2-5,10,12,16-18,29H,6-9,11,23H2,1H3,(H,24,26)(H,25,31)(H,27,30)(H,28,32)(H,33,34). The Morgan fingerprint density at radius 2 is 1.80 bits per heavy atom. The molecule has 2 aromatic rings. The second-order valence-corrected chi connectivity index (χ2v) is 8.76. The van der Waals surface area contributed by atoms with Crippen molar-refractivity contribution in [2.24, 2.45) is 5.73 Å². The minimum atomic E-state index is -1.18. The van der Waals surface area contributed by atoms with Gasteiger partial charge < -0.3 is 36.9 Å². The van der Waals surface area contributed by atoms with Crippen molar-refractivity contribution in [1.29, 1.82) is 0 Å². The third-order valence-corrected chi connectivity index (χ3v) is 5.65. The van der Waals surface area contributed by atoms with Gasteiger partial charge in [0.05, 0.1) is 18.9 Å². The van der Waals surface area contributed by atoms with E-state index in [1.165, 1.54) is 36.4 Å². The number of carboxylic acids is 1. The quantitative estimate of drug-likeness (QED) is 0.170. The molecule has 1 aromatic carbocycles. The summed E-state index contributed by atoms with van der Waals surface area (Å²) in [7, 11) is 0. The van der Waals surface area contributed by atoms with Crippen molar-refractivity contribution in [2.45, 2.75) is 37.4 Å². The van der Waals surface area contributed by atoms with Gasteiger partial charge in [-0.1, -0.05) is 12.1 Å². The molecule has 1 aromatic heterocycles. The number of aromatic nitrogens is 2. The molecular formula is C22H30N6O6S. The number of amides is 3. The predicted molar refractivity (Wildman–Crippen MR) is 130 cm³/mol. The van der Waals surface area contributed by atoms with E-state index in [1.807, 2.05) is 6.26 Å². The zero-order chi connectivity index (χ0) is 25.8. The maximum absolute atomic E-state index is 12.9. The Kier molecular flexibility index (Phi) is 11.0. The van der Waals surface area contributed by atoms with Crippen molar-refractivity contribution in [1.82, 2.24) is 25.9 Å². The molecule has 12 nitrogen and oxygen atoms in total. The van der Waals surface area contributed by atoms with E-state index in [0.29, 0.717) is 17.0 Å². The first-order valence-electron chi connectivity index (χ1n) is 10.8. The number of hydrogen-bond acceptors (Lipinski definition) is 8. The lowest BCUT2D eigenvalue weighted by Gasteiger charge is -2.22. The number of hydrogen-bond donors (Lipinski definition) is 7. The van der Waals surface area contributed by atoms with Crippen LogP contribution in [0.15, 0.2) is 36.8 Å². The van der Waals surface area contributed by atoms with Gasteiger partial charge in [-0.2, -0.15) is 11.8 Å². The summed E-state index contributed by atoms with van der Waals surface area (Å²) >= 11 is 1.45. The number of phenolic OH excluding ortho intramolecular Hbond substituents is 1. The van der Waals surface area contributed by atoms with Crippen molar-refractivity contribution in [3.05, 3.63) is 48.0 Å². The van der Waals surface area contributed by atoms with E-state index in [-0.39, 0.29) is 25.0 Å². The molecule has 0 aliphatic heterocycles. The smallest absolute Gasteiger partial charge is 0.326 e. The summed E-state index contributed by atoms with van der Waals surface area (Å²) in [6.45, 7) is -0.427. The molecular weight excluding hydrogens is 476 g/mol. The molecule has 0 aliphatic rings. The van der Waals surface area contributed by atoms with Crippen LogP contribution in [0.4, 0.5) is 0 Å². The van der Waals surface area contributed by atoms with E-state index in [9.17, 15) is 29.4 Å². The number of nitrogens with two attached hydrogens (primary N) is 1. The number of H-pyrrole nitrogens is 1. The molecule has 3 atom stereocenters. The Bertz CT molecular complexity index is 985. The third-order valence-electron chi connectivity index (χ3n) is 5.01. The predicted octanol–water partition coefficient (Wildman–Crippen LogP) is -0.849. The van der Waals surface area contributed by atoms with Crippen LogP contribution in [0.2, 0.25) is 0 Å². The van der Waals surface area contributed by atoms with E-state index in [4.69, 9.17) is 5.73 Å². The van der Waals surface area contributed by atoms with Crippen LogP contribution in [0.25, 0.3) is 0 Å². The van der Waals surface area contributed by atoms with Gasteiger partial charge in [-0.05, 0) is 36.1 Å². The van der Waals surface area contributed by atoms with Crippen LogP contribution in [0.1, 0.15) is 17.7 Å². The molecule has 0 spiro atoms. The molecule has 35 heavy (non-hydrogen) atoms. The first-order valence-corrected chi connectivity index (χ1v) is 12.2. The SMILES string of the molecule is CSCCC(NC(=O)C(Cc1ccc(O)cc1)NC(=O)CNC(=O)C(N)Cc1cnc[nH]1)C(=O)O. The number of benzene rings is 1. The fourth-order valence-corrected chi connectivity index (χ4v) is 3.58. The molecule has 8 N–H and O–H groups in total. The van der Waals surface area contributed by atoms with Gasteiger partial charge >= 0.3 is 5.97 Å². The van der Waals surface area contributed by atoms with Crippen LogP contribution in [0.3, 0.4) is 0 Å². The molecule has 0 radical (unpaired) electrons. The fourth-order valence-electron chi connectivity index (χ4n) is 3.11. The largest absolute Gasteiger partial charge is 0.508 e. The van der Waals surface area contributed by atoms with Crippen LogP contribution in [0.5, 0.6) is 5.75 Å². The highest BCUT2D eigenvalue weighted by atomic mass is 32.2. The Balaban J connectivity index is 2.01. The van der Waals surface area contributed by atoms with Crippen molar-refractivity contribution >= 4 is 35.5 Å². The van der Waals surface area contributed by atoms with Gasteiger partial charge in [-0.25, -0.2) is 9.78 Å². The van der Waals surface area contributed by atoms with Crippen LogP contribution in [0, 0.1) is 0 Å². The number of thioether (sulfide) groups is 1. The summed E-state index contributed by atoms with van der Waals surface area (Å²) in [5, 5.41) is 26.3. The maximum atomic E-state index is 12.9. The molecule has 0 saturated heterocycles. The number of nitrogens with zero attached hydrogens (tertiary/aromatic N) is 1. The van der Waals surface area contributed by atoms with Gasteiger partial charge in [0, 0.05) is 24.7 Å². The fraction of sp³-hybridized carbons (Fsp3) is 0.409. The summed E-state index contributed by atoms with van der Waals surface area (Å²) in [6, 6.07) is 2.90. The van der Waals surface area contributed by atoms with Crippen LogP contribution < -0.4 is 21.7 Å². The van der Waals surface area contributed by atoms with Crippen molar-refractivity contribution in [2.75, 3.05) is 18.6 Å². The van der Waals surface area contributed by atoms with E-state index in [0.717, 1.165) is 0 Å². The van der Waals surface area contributed by atoms with Gasteiger partial charge in [0.15, 0.2) is 0 Å². The van der Waals surface area contributed by atoms with Gasteiger partial charge in [-0.15, -0.1) is 0 Å². The van der Waals surface area contributed by atoms with Crippen molar-refractivity contribution in [3.63, 3.8) is 0 Å². The molecule has 0 aliphatic carbocycles. The van der Waals surface area contributed by atoms with Gasteiger partial charge in [0.25, 0.3) is 0 Å². The minimum Gasteiger partial charge on any atom is -0.508 e. The zero-order valence-corrected chi connectivity index (χ0v) is 20.0. The highest BCUT2D eigenvalue weighted by molar-refractivity contribution is 7.98. The average molecular weight is 507 g/mol. The second kappa shape index (κ2) is 14.0. The number of carbonyl (C=O) groups is 4. The molecule has 2 rings (SSSR count). The zero-order valence-electron chi connectivity index (χ0n) is 19.2. The number of carbonyl (C=O) groups excluding carboxylic acids is 3. The number of aliphatic carboxylic acids is 1. The third kappa shape index (κ3) is 9.66. The maximum Gasteiger partial charge on any atom is 0.326 e. The molecule has 0 fully saturated rings. The molecule has 13 heteroatoms. The van der Waals surface area contributed by atoms with Crippen molar-refractivity contribution < 1.29 is 29.4 Å². The van der Waals surface area contributed by atoms with E-state index in [2.05, 4.69) is 25.9 Å². The van der Waals surface area contributed by atoms with Crippen molar-refractivity contribution in [3.8, 4) is 5.75 Å². The Morgan fingerprint density at radius 3 is 2.40 bits per heavy atom. The number of rotatable bonds is 14. The molecule has 3 unspecified atom stereocenters. The summed E-state index contributed by atoms with van der Waals surface area (Å²) in [4.78, 5) is 55.8. The van der Waals surface area contributed by atoms with Crippen LogP contribution >= 0.6 is 11.8 Å². The van der Waals surface area contributed by atoms with E-state index >= 15 is 0 Å². The number of nitrogens with one attached hydrogen (secondary N) is 4. The highest BCUT2D eigenvalue weighted by Crippen LogP contribution is 2.12. The summed E-state index contributed by atoms with van der Waals surface area (Å²) in [5.74, 6) is -2.50. The molecule has 0 bridgehead atoms. The minimum absolute atomic E-state index is 0.0379. The van der Waals surface area contributed by atoms with Gasteiger partial charge in [0.2, 0.25) is 17.7 Å². The van der Waals surface area contributed by atoms with E-state index in [1.54, 1.807) is 12.1 Å². The van der Waals surface area contributed by atoms with Gasteiger partial charge in [-0.3, -0.25) is 14.4 Å². The molecule has 190 valence electrons. The number of imidazole rings is 1. The van der Waals surface area contributed by atoms with Gasteiger partial charge in [0.1, 0.15) is 17.8 Å². The number of aromatic amines is 1. The number of aromatic hydroxyl groups is 1. The molecule has 1 heterocycles. The average Bonchev–Trinajstić information content (AvgIpc) is 3.33. The Morgan fingerprint density at radius 1 is 1.09 bits per heavy atom. The first kappa shape index (κ1) is 27.7. The Hall–Kier alpha value is -3.58. The lowest BCUT2D eigenvalue weighted by molar-refractivity contribution is -0.142. The monoisotopic (exact) mass is 506 g/mol.